The molecule has 1 fully saturated rings. The Morgan fingerprint density at radius 2 is 2.11 bits per heavy atom. The molecule has 0 heterocycles. The van der Waals surface area contributed by atoms with E-state index >= 15 is 0 Å². The van der Waals surface area contributed by atoms with Crippen LogP contribution in [0.3, 0.4) is 0 Å². The van der Waals surface area contributed by atoms with E-state index in [0.29, 0.717) is 22.5 Å². The molecule has 0 saturated heterocycles. The van der Waals surface area contributed by atoms with E-state index in [9.17, 15) is 4.79 Å². The van der Waals surface area contributed by atoms with Gasteiger partial charge in [0, 0.05) is 16.1 Å². The first-order valence-corrected chi connectivity index (χ1v) is 7.51. The van der Waals surface area contributed by atoms with E-state index in [2.05, 4.69) is 28.2 Å². The molecule has 18 heavy (non-hydrogen) atoms. The first kappa shape index (κ1) is 13.9. The summed E-state index contributed by atoms with van der Waals surface area (Å²) in [6.45, 7) is 2.21. The molecule has 1 saturated carbocycles. The second kappa shape index (κ2) is 6.07. The van der Waals surface area contributed by atoms with Crippen molar-refractivity contribution in [3.63, 3.8) is 0 Å². The Labute approximate surface area is 121 Å². The SMILES string of the molecule is CC1CCCCC1NC(=O)c1ccc(Br)c(Cl)c1. The van der Waals surface area contributed by atoms with Crippen LogP contribution >= 0.6 is 27.5 Å². The number of hydrogen-bond donors (Lipinski definition) is 1. The molecule has 0 aromatic heterocycles. The van der Waals surface area contributed by atoms with E-state index in [-0.39, 0.29) is 5.91 Å². The molecule has 1 amide bonds. The maximum absolute atomic E-state index is 12.1. The van der Waals surface area contributed by atoms with E-state index in [0.717, 1.165) is 10.9 Å². The lowest BCUT2D eigenvalue weighted by Gasteiger charge is -2.29. The molecule has 1 N–H and O–H groups in total. The summed E-state index contributed by atoms with van der Waals surface area (Å²) in [4.78, 5) is 12.1. The quantitative estimate of drug-likeness (QED) is 0.855. The van der Waals surface area contributed by atoms with Gasteiger partial charge in [0.1, 0.15) is 0 Å². The van der Waals surface area contributed by atoms with Crippen LogP contribution in [0.15, 0.2) is 22.7 Å². The highest BCUT2D eigenvalue weighted by atomic mass is 79.9. The number of hydrogen-bond acceptors (Lipinski definition) is 1. The van der Waals surface area contributed by atoms with Gasteiger partial charge < -0.3 is 5.32 Å². The second-order valence-electron chi connectivity index (χ2n) is 4.97. The molecule has 0 radical (unpaired) electrons. The van der Waals surface area contributed by atoms with Crippen molar-refractivity contribution in [1.82, 2.24) is 5.32 Å². The summed E-state index contributed by atoms with van der Waals surface area (Å²) < 4.78 is 0.812. The zero-order chi connectivity index (χ0) is 13.1. The average Bonchev–Trinajstić information content (AvgIpc) is 2.35. The fourth-order valence-electron chi connectivity index (χ4n) is 2.42. The second-order valence-corrected chi connectivity index (χ2v) is 6.23. The van der Waals surface area contributed by atoms with Crippen molar-refractivity contribution < 1.29 is 4.79 Å². The third-order valence-electron chi connectivity index (χ3n) is 3.61. The van der Waals surface area contributed by atoms with Crippen LogP contribution in [0.2, 0.25) is 5.02 Å². The Morgan fingerprint density at radius 3 is 2.78 bits per heavy atom. The summed E-state index contributed by atoms with van der Waals surface area (Å²) in [5.74, 6) is 0.539. The maximum Gasteiger partial charge on any atom is 0.251 e. The van der Waals surface area contributed by atoms with Gasteiger partial charge in [-0.25, -0.2) is 0 Å². The zero-order valence-electron chi connectivity index (χ0n) is 10.4. The van der Waals surface area contributed by atoms with Crippen LogP contribution in [0.4, 0.5) is 0 Å². The molecule has 2 atom stereocenters. The Bertz CT molecular complexity index is 449. The normalized spacial score (nSPS) is 23.7. The highest BCUT2D eigenvalue weighted by molar-refractivity contribution is 9.10. The van der Waals surface area contributed by atoms with Gasteiger partial charge in [-0.05, 0) is 52.9 Å². The maximum atomic E-state index is 12.1. The van der Waals surface area contributed by atoms with Gasteiger partial charge >= 0.3 is 0 Å². The van der Waals surface area contributed by atoms with Crippen molar-refractivity contribution >= 4 is 33.4 Å². The molecule has 2 rings (SSSR count). The van der Waals surface area contributed by atoms with Crippen LogP contribution in [-0.2, 0) is 0 Å². The predicted molar refractivity (Wildman–Crippen MR) is 78.0 cm³/mol. The lowest BCUT2D eigenvalue weighted by Crippen LogP contribution is -2.41. The molecular weight excluding hydrogens is 314 g/mol. The molecule has 1 aromatic rings. The standard InChI is InChI=1S/C14H17BrClNO/c1-9-4-2-3-5-13(9)17-14(18)10-6-7-11(15)12(16)8-10/h6-9,13H,2-5H2,1H3,(H,17,18). The van der Waals surface area contributed by atoms with Gasteiger partial charge in [-0.2, -0.15) is 0 Å². The molecular formula is C14H17BrClNO. The Kier molecular flexibility index (Phi) is 4.68. The van der Waals surface area contributed by atoms with Crippen molar-refractivity contribution in [3.8, 4) is 0 Å². The summed E-state index contributed by atoms with van der Waals surface area (Å²) in [6.07, 6.45) is 4.76. The number of nitrogens with one attached hydrogen (secondary N) is 1. The first-order chi connectivity index (χ1) is 8.58. The van der Waals surface area contributed by atoms with Gasteiger partial charge in [-0.1, -0.05) is 31.4 Å². The van der Waals surface area contributed by atoms with Crippen LogP contribution in [0.25, 0.3) is 0 Å². The van der Waals surface area contributed by atoms with E-state index in [1.54, 1.807) is 12.1 Å². The minimum atomic E-state index is -0.0249. The zero-order valence-corrected chi connectivity index (χ0v) is 12.7. The van der Waals surface area contributed by atoms with E-state index in [1.165, 1.54) is 19.3 Å². The van der Waals surface area contributed by atoms with E-state index in [1.807, 2.05) is 6.07 Å². The molecule has 4 heteroatoms. The third kappa shape index (κ3) is 3.27. The molecule has 1 aromatic carbocycles. The lowest BCUT2D eigenvalue weighted by atomic mass is 9.86. The molecule has 1 aliphatic carbocycles. The first-order valence-electron chi connectivity index (χ1n) is 6.34. The van der Waals surface area contributed by atoms with Crippen LogP contribution < -0.4 is 5.32 Å². The Hall–Kier alpha value is -0.540. The number of carbonyl (C=O) groups is 1. The summed E-state index contributed by atoms with van der Waals surface area (Å²) in [6, 6.07) is 5.60. The largest absolute Gasteiger partial charge is 0.349 e. The number of halogens is 2. The molecule has 0 aliphatic heterocycles. The molecule has 1 aliphatic rings. The van der Waals surface area contributed by atoms with Crippen LogP contribution in [0, 0.1) is 5.92 Å². The summed E-state index contributed by atoms with van der Waals surface area (Å²) in [5, 5.41) is 3.69. The number of carbonyl (C=O) groups excluding carboxylic acids is 1. The fraction of sp³-hybridized carbons (Fsp3) is 0.500. The molecule has 0 spiro atoms. The van der Waals surface area contributed by atoms with Gasteiger partial charge in [0.15, 0.2) is 0 Å². The number of benzene rings is 1. The Morgan fingerprint density at radius 1 is 1.39 bits per heavy atom. The van der Waals surface area contributed by atoms with Crippen LogP contribution in [-0.4, -0.2) is 11.9 Å². The monoisotopic (exact) mass is 329 g/mol. The molecule has 0 bridgehead atoms. The fourth-order valence-corrected chi connectivity index (χ4v) is 2.85. The minimum absolute atomic E-state index is 0.0249. The lowest BCUT2D eigenvalue weighted by molar-refractivity contribution is 0.0910. The number of rotatable bonds is 2. The minimum Gasteiger partial charge on any atom is -0.349 e. The predicted octanol–water partition coefficient (Wildman–Crippen LogP) is 4.41. The smallest absolute Gasteiger partial charge is 0.251 e. The summed E-state index contributed by atoms with van der Waals surface area (Å²) in [7, 11) is 0. The average molecular weight is 331 g/mol. The van der Waals surface area contributed by atoms with Crippen molar-refractivity contribution in [1.29, 1.82) is 0 Å². The third-order valence-corrected chi connectivity index (χ3v) is 4.84. The van der Waals surface area contributed by atoms with Gasteiger partial charge in [0.2, 0.25) is 0 Å². The Balaban J connectivity index is 2.04. The van der Waals surface area contributed by atoms with Crippen molar-refractivity contribution in [2.75, 3.05) is 0 Å². The van der Waals surface area contributed by atoms with Crippen LogP contribution in [0.1, 0.15) is 43.0 Å². The summed E-state index contributed by atoms with van der Waals surface area (Å²) >= 11 is 9.33. The molecule has 98 valence electrons. The van der Waals surface area contributed by atoms with E-state index < -0.39 is 0 Å². The number of amides is 1. The highest BCUT2D eigenvalue weighted by Crippen LogP contribution is 2.25. The topological polar surface area (TPSA) is 29.1 Å². The van der Waals surface area contributed by atoms with Crippen molar-refractivity contribution in [2.45, 2.75) is 38.6 Å². The highest BCUT2D eigenvalue weighted by Gasteiger charge is 2.23. The van der Waals surface area contributed by atoms with Gasteiger partial charge in [0.25, 0.3) is 5.91 Å². The van der Waals surface area contributed by atoms with E-state index in [4.69, 9.17) is 11.6 Å². The summed E-state index contributed by atoms with van der Waals surface area (Å²) in [5.41, 5.74) is 0.626. The van der Waals surface area contributed by atoms with Crippen LogP contribution in [0.5, 0.6) is 0 Å². The van der Waals surface area contributed by atoms with Gasteiger partial charge in [0.05, 0.1) is 5.02 Å². The van der Waals surface area contributed by atoms with Gasteiger partial charge in [-0.15, -0.1) is 0 Å². The van der Waals surface area contributed by atoms with Gasteiger partial charge in [-0.3, -0.25) is 4.79 Å². The molecule has 2 unspecified atom stereocenters. The van der Waals surface area contributed by atoms with Crippen molar-refractivity contribution in [3.05, 3.63) is 33.3 Å². The van der Waals surface area contributed by atoms with Crippen molar-refractivity contribution in [2.24, 2.45) is 5.92 Å². The molecule has 2 nitrogen and oxygen atoms in total.